The zero-order chi connectivity index (χ0) is 53.0. The van der Waals surface area contributed by atoms with Gasteiger partial charge < -0.3 is 54.6 Å². The van der Waals surface area contributed by atoms with E-state index in [2.05, 4.69) is 119 Å². The van der Waals surface area contributed by atoms with Crippen LogP contribution in [0.2, 0.25) is 0 Å². The molecule has 8 atom stereocenters. The fourth-order valence-corrected chi connectivity index (χ4v) is 11.1. The highest BCUT2D eigenvalue weighted by atomic mass is 16.5. The molecule has 74 heavy (non-hydrogen) atoms. The minimum absolute atomic E-state index is 0.0434. The molecule has 1 unspecified atom stereocenters. The molecule has 3 saturated heterocycles. The number of rotatable bonds is 17. The summed E-state index contributed by atoms with van der Waals surface area (Å²) in [5.74, 6) is 0.624. The third kappa shape index (κ3) is 11.2. The average Bonchev–Trinajstić information content (AvgIpc) is 4.25. The SMILES string of the molecule is CCOC1[C@H](OCC)[C@@H](c2ccc(-c3cnc([C@@H]4CCCN4C(=O)[C@@H](NC(=O)O)C(C)C)[nH]3)cc2)N(c2ccc(C(C)(C)C)cc2)[C@H]1c1ccc(-c2cnc([C@@H]3CCCN3C(=O)[C@@H](NC(=O)OC)C(C)C)[nH]2)cc1. The Labute approximate surface area is 435 Å². The number of hydrogen-bond donors (Lipinski definition) is 5. The minimum atomic E-state index is -1.22. The summed E-state index contributed by atoms with van der Waals surface area (Å²) in [4.78, 5) is 74.0. The second-order valence-corrected chi connectivity index (χ2v) is 21.5. The van der Waals surface area contributed by atoms with E-state index in [1.165, 1.54) is 12.7 Å². The Hall–Kier alpha value is -6.72. The van der Waals surface area contributed by atoms with Crippen LogP contribution in [0.1, 0.15) is 141 Å². The maximum absolute atomic E-state index is 13.9. The third-order valence-corrected chi connectivity index (χ3v) is 14.9. The number of aromatic amines is 2. The van der Waals surface area contributed by atoms with Gasteiger partial charge in [0.25, 0.3) is 0 Å². The number of nitrogens with zero attached hydrogens (tertiary/aromatic N) is 5. The van der Waals surface area contributed by atoms with E-state index in [1.807, 2.05) is 52.6 Å². The molecule has 17 nitrogen and oxygen atoms in total. The van der Waals surface area contributed by atoms with Gasteiger partial charge in [-0.05, 0) is 96.7 Å². The van der Waals surface area contributed by atoms with Crippen molar-refractivity contribution in [1.29, 1.82) is 0 Å². The lowest BCUT2D eigenvalue weighted by molar-refractivity contribution is -0.136. The van der Waals surface area contributed by atoms with E-state index >= 15 is 0 Å². The summed E-state index contributed by atoms with van der Waals surface area (Å²) in [6.45, 7) is 20.3. The average molecular weight is 1010 g/mol. The van der Waals surface area contributed by atoms with Crippen LogP contribution in [0.4, 0.5) is 15.3 Å². The van der Waals surface area contributed by atoms with Crippen molar-refractivity contribution in [3.63, 3.8) is 0 Å². The van der Waals surface area contributed by atoms with Gasteiger partial charge in [0.2, 0.25) is 11.8 Å². The Morgan fingerprint density at radius 2 is 1.11 bits per heavy atom. The fraction of sp³-hybridized carbons (Fsp3) is 0.509. The molecule has 3 aliphatic rings. The molecule has 17 heteroatoms. The Kier molecular flexibility index (Phi) is 16.5. The predicted molar refractivity (Wildman–Crippen MR) is 283 cm³/mol. The smallest absolute Gasteiger partial charge is 0.407 e. The first-order chi connectivity index (χ1) is 35.4. The van der Waals surface area contributed by atoms with Crippen LogP contribution in [0.25, 0.3) is 22.5 Å². The number of imidazole rings is 2. The minimum Gasteiger partial charge on any atom is -0.465 e. The molecule has 2 aromatic heterocycles. The topological polar surface area (TPSA) is 207 Å². The number of carbonyl (C=O) groups excluding carboxylic acids is 3. The fourth-order valence-electron chi connectivity index (χ4n) is 11.1. The van der Waals surface area contributed by atoms with E-state index in [9.17, 15) is 24.3 Å². The van der Waals surface area contributed by atoms with E-state index in [1.54, 1.807) is 11.1 Å². The molecule has 5 aromatic rings. The van der Waals surface area contributed by atoms with Gasteiger partial charge in [0.15, 0.2) is 0 Å². The van der Waals surface area contributed by atoms with Crippen LogP contribution in [-0.4, -0.2) is 117 Å². The van der Waals surface area contributed by atoms with Crippen molar-refractivity contribution < 1.29 is 38.5 Å². The van der Waals surface area contributed by atoms with Gasteiger partial charge in [0.05, 0.1) is 55.1 Å². The van der Waals surface area contributed by atoms with Crippen molar-refractivity contribution in [2.45, 2.75) is 142 Å². The van der Waals surface area contributed by atoms with Crippen molar-refractivity contribution in [2.75, 3.05) is 38.3 Å². The maximum atomic E-state index is 13.9. The van der Waals surface area contributed by atoms with Crippen molar-refractivity contribution >= 4 is 29.7 Å². The lowest BCUT2D eigenvalue weighted by Crippen LogP contribution is -2.51. The summed E-state index contributed by atoms with van der Waals surface area (Å²) >= 11 is 0. The van der Waals surface area contributed by atoms with Crippen molar-refractivity contribution in [3.05, 3.63) is 114 Å². The number of amides is 4. The van der Waals surface area contributed by atoms with Crippen molar-refractivity contribution in [3.8, 4) is 22.5 Å². The number of carboxylic acid groups (broad SMARTS) is 1. The zero-order valence-corrected chi connectivity index (χ0v) is 44.6. The number of hydrogen-bond acceptors (Lipinski definition) is 10. The number of methoxy groups -OCH3 is 1. The number of H-pyrrole nitrogens is 2. The molecule has 0 saturated carbocycles. The van der Waals surface area contributed by atoms with Gasteiger partial charge in [0.1, 0.15) is 35.9 Å². The van der Waals surface area contributed by atoms with E-state index in [0.717, 1.165) is 65.0 Å². The molecule has 396 valence electrons. The van der Waals surface area contributed by atoms with E-state index in [-0.39, 0.29) is 65.4 Å². The summed E-state index contributed by atoms with van der Waals surface area (Å²) < 4.78 is 18.4. The lowest BCUT2D eigenvalue weighted by Gasteiger charge is -2.34. The first-order valence-electron chi connectivity index (χ1n) is 26.3. The molecule has 3 aromatic carbocycles. The standard InChI is InChI=1S/C57H75N9O8/c1-11-73-49-47(37-21-17-35(18-22-37)41-31-58-51(60-41)43-15-13-29-64(43)53(67)45(33(3)4)62-55(69)70)66(40-27-25-39(26-28-40)57(7,8)9)48(50(49)74-12-2)38-23-19-36(20-24-38)42-32-59-52(61-42)44-16-14-30-65(44)54(68)46(34(5)6)63-56(71)72-10/h17-28,31-34,43-50,62H,11-16,29-30H2,1-10H3,(H,58,60)(H,59,61)(H,63,71)(H,69,70)/t43-,44-,45-,46-,47+,48-,49+,50?/m0/s1. The van der Waals surface area contributed by atoms with Gasteiger partial charge in [-0.1, -0.05) is 109 Å². The molecule has 8 rings (SSSR count). The highest BCUT2D eigenvalue weighted by Gasteiger charge is 2.52. The monoisotopic (exact) mass is 1010 g/mol. The third-order valence-electron chi connectivity index (χ3n) is 14.9. The van der Waals surface area contributed by atoms with Gasteiger partial charge in [-0.15, -0.1) is 0 Å². The second kappa shape index (κ2) is 22.8. The molecule has 3 aliphatic heterocycles. The Balaban J connectivity index is 1.10. The van der Waals surface area contributed by atoms with Crippen LogP contribution in [0, 0.1) is 11.8 Å². The molecule has 0 radical (unpaired) electrons. The second-order valence-electron chi connectivity index (χ2n) is 21.5. The maximum Gasteiger partial charge on any atom is 0.407 e. The summed E-state index contributed by atoms with van der Waals surface area (Å²) in [6, 6.07) is 23.3. The lowest BCUT2D eigenvalue weighted by atomic mass is 9.87. The molecule has 5 N–H and O–H groups in total. The number of alkyl carbamates (subject to hydrolysis) is 1. The molecule has 3 fully saturated rings. The van der Waals surface area contributed by atoms with Crippen LogP contribution in [0.15, 0.2) is 85.2 Å². The van der Waals surface area contributed by atoms with Gasteiger partial charge in [-0.2, -0.15) is 0 Å². The van der Waals surface area contributed by atoms with E-state index in [0.29, 0.717) is 38.0 Å². The molecule has 0 bridgehead atoms. The van der Waals surface area contributed by atoms with Crippen LogP contribution in [-0.2, 0) is 29.2 Å². The highest BCUT2D eigenvalue weighted by Crippen LogP contribution is 2.50. The number of nitrogens with one attached hydrogen (secondary N) is 4. The molecule has 0 spiro atoms. The van der Waals surface area contributed by atoms with Crippen LogP contribution in [0.5, 0.6) is 0 Å². The van der Waals surface area contributed by atoms with Crippen LogP contribution >= 0.6 is 0 Å². The molecular formula is C57H75N9O8. The quantitative estimate of drug-likeness (QED) is 0.0592. The van der Waals surface area contributed by atoms with Gasteiger partial charge in [-0.3, -0.25) is 9.59 Å². The van der Waals surface area contributed by atoms with E-state index in [4.69, 9.17) is 24.2 Å². The van der Waals surface area contributed by atoms with E-state index < -0.39 is 24.3 Å². The summed E-state index contributed by atoms with van der Waals surface area (Å²) in [7, 11) is 1.29. The van der Waals surface area contributed by atoms with Gasteiger partial charge in [0, 0.05) is 32.0 Å². The number of benzene rings is 3. The number of aromatic nitrogens is 4. The number of anilines is 1. The zero-order valence-electron chi connectivity index (χ0n) is 44.6. The highest BCUT2D eigenvalue weighted by molar-refractivity contribution is 5.87. The number of ether oxygens (including phenoxy) is 3. The Morgan fingerprint density at radius 3 is 1.49 bits per heavy atom. The van der Waals surface area contributed by atoms with Crippen molar-refractivity contribution in [2.24, 2.45) is 11.8 Å². The van der Waals surface area contributed by atoms with Gasteiger partial charge in [-0.25, -0.2) is 19.6 Å². The molecule has 5 heterocycles. The Bertz CT molecular complexity index is 2710. The summed E-state index contributed by atoms with van der Waals surface area (Å²) in [5.41, 5.74) is 7.86. The Morgan fingerprint density at radius 1 is 0.676 bits per heavy atom. The summed E-state index contributed by atoms with van der Waals surface area (Å²) in [5, 5.41) is 14.6. The van der Waals surface area contributed by atoms with Crippen LogP contribution in [0.3, 0.4) is 0 Å². The van der Waals surface area contributed by atoms with Crippen molar-refractivity contribution in [1.82, 2.24) is 40.4 Å². The van der Waals surface area contributed by atoms with Crippen LogP contribution < -0.4 is 15.5 Å². The molecule has 0 aliphatic carbocycles. The van der Waals surface area contributed by atoms with Gasteiger partial charge >= 0.3 is 12.2 Å². The normalized spacial score (nSPS) is 21.9. The molecular weight excluding hydrogens is 939 g/mol. The summed E-state index contributed by atoms with van der Waals surface area (Å²) in [6.07, 6.45) is 4.16. The number of likely N-dealkylation sites (tertiary alicyclic amines) is 2. The predicted octanol–water partition coefficient (Wildman–Crippen LogP) is 9.88. The molecule has 4 amide bonds. The first kappa shape index (κ1) is 53.6. The largest absolute Gasteiger partial charge is 0.465 e. The number of carbonyl (C=O) groups is 4. The first-order valence-corrected chi connectivity index (χ1v) is 26.3.